The molecule has 0 bridgehead atoms. The zero-order valence-corrected chi connectivity index (χ0v) is 13.3. The van der Waals surface area contributed by atoms with Crippen molar-refractivity contribution in [3.05, 3.63) is 53.9 Å². The summed E-state index contributed by atoms with van der Waals surface area (Å²) in [5.74, 6) is 1.15. The molecule has 0 amide bonds. The zero-order chi connectivity index (χ0) is 15.5. The Labute approximate surface area is 137 Å². The third kappa shape index (κ3) is 2.85. The van der Waals surface area contributed by atoms with Crippen LogP contribution in [0, 0.1) is 5.41 Å². The first-order valence-electron chi connectivity index (χ1n) is 8.52. The van der Waals surface area contributed by atoms with Crippen LogP contribution in [0.3, 0.4) is 0 Å². The van der Waals surface area contributed by atoms with Gasteiger partial charge in [0.25, 0.3) is 0 Å². The number of anilines is 1. The van der Waals surface area contributed by atoms with E-state index in [4.69, 9.17) is 4.99 Å². The Kier molecular flexibility index (Phi) is 3.82. The number of benzene rings is 1. The third-order valence-electron chi connectivity index (χ3n) is 5.14. The van der Waals surface area contributed by atoms with Crippen LogP contribution in [0.1, 0.15) is 43.4 Å². The fourth-order valence-corrected chi connectivity index (χ4v) is 3.93. The van der Waals surface area contributed by atoms with E-state index in [1.165, 1.54) is 43.4 Å². The van der Waals surface area contributed by atoms with E-state index in [0.29, 0.717) is 6.54 Å². The van der Waals surface area contributed by atoms with Crippen molar-refractivity contribution in [2.45, 2.75) is 45.1 Å². The van der Waals surface area contributed by atoms with Crippen LogP contribution < -0.4 is 5.32 Å². The highest BCUT2D eigenvalue weighted by atomic mass is 15.1. The normalized spacial score (nSPS) is 21.0. The average molecular weight is 306 g/mol. The van der Waals surface area contributed by atoms with E-state index in [0.717, 1.165) is 18.0 Å². The summed E-state index contributed by atoms with van der Waals surface area (Å²) in [6.07, 6.45) is 9.22. The van der Waals surface area contributed by atoms with Gasteiger partial charge in [-0.05, 0) is 43.0 Å². The topological polar surface area (TPSA) is 50.2 Å². The summed E-state index contributed by atoms with van der Waals surface area (Å²) >= 11 is 0. The van der Waals surface area contributed by atoms with Crippen LogP contribution in [-0.2, 0) is 13.0 Å². The molecule has 0 saturated heterocycles. The number of aromatic nitrogens is 2. The van der Waals surface area contributed by atoms with Crippen LogP contribution in [0.4, 0.5) is 5.69 Å². The summed E-state index contributed by atoms with van der Waals surface area (Å²) in [6, 6.07) is 12.5. The van der Waals surface area contributed by atoms with Crippen LogP contribution >= 0.6 is 0 Å². The van der Waals surface area contributed by atoms with Crippen LogP contribution in [0.25, 0.3) is 0 Å². The van der Waals surface area contributed by atoms with Gasteiger partial charge in [-0.15, -0.1) is 0 Å². The SMILES string of the molecule is c1cnnc(CN=C2Nc3ccccc3CC23CCCCC3)c1. The van der Waals surface area contributed by atoms with E-state index in [-0.39, 0.29) is 5.41 Å². The molecule has 23 heavy (non-hydrogen) atoms. The lowest BCUT2D eigenvalue weighted by atomic mass is 9.67. The number of nitrogens with zero attached hydrogens (tertiary/aromatic N) is 3. The molecule has 1 aromatic carbocycles. The highest BCUT2D eigenvalue weighted by molar-refractivity contribution is 6.02. The van der Waals surface area contributed by atoms with E-state index in [9.17, 15) is 0 Å². The lowest BCUT2D eigenvalue weighted by molar-refractivity contribution is 0.278. The molecule has 118 valence electrons. The molecule has 1 aromatic heterocycles. The molecule has 2 aromatic rings. The van der Waals surface area contributed by atoms with Crippen molar-refractivity contribution < 1.29 is 0 Å². The number of hydrogen-bond donors (Lipinski definition) is 1. The maximum atomic E-state index is 4.93. The highest BCUT2D eigenvalue weighted by Gasteiger charge is 2.40. The van der Waals surface area contributed by atoms with Gasteiger partial charge in [0.15, 0.2) is 0 Å². The Morgan fingerprint density at radius 3 is 2.74 bits per heavy atom. The van der Waals surface area contributed by atoms with Crippen molar-refractivity contribution in [1.82, 2.24) is 10.2 Å². The highest BCUT2D eigenvalue weighted by Crippen LogP contribution is 2.44. The van der Waals surface area contributed by atoms with Crippen molar-refractivity contribution in [3.63, 3.8) is 0 Å². The largest absolute Gasteiger partial charge is 0.343 e. The number of nitrogens with one attached hydrogen (secondary N) is 1. The molecule has 1 saturated carbocycles. The Hall–Kier alpha value is -2.23. The standard InChI is InChI=1S/C19H22N4/c1-4-10-19(11-5-1)13-15-7-2-3-9-17(15)22-18(19)20-14-16-8-6-12-21-23-16/h2-3,6-9,12H,1,4-5,10-11,13-14H2,(H,20,22). The van der Waals surface area contributed by atoms with Crippen molar-refractivity contribution in [3.8, 4) is 0 Å². The monoisotopic (exact) mass is 306 g/mol. The Morgan fingerprint density at radius 2 is 1.91 bits per heavy atom. The van der Waals surface area contributed by atoms with Gasteiger partial charge >= 0.3 is 0 Å². The fraction of sp³-hybridized carbons (Fsp3) is 0.421. The van der Waals surface area contributed by atoms with Crippen LogP contribution in [-0.4, -0.2) is 16.0 Å². The van der Waals surface area contributed by atoms with Gasteiger partial charge in [0.2, 0.25) is 0 Å². The van der Waals surface area contributed by atoms with Gasteiger partial charge in [-0.2, -0.15) is 10.2 Å². The van der Waals surface area contributed by atoms with Crippen LogP contribution in [0.5, 0.6) is 0 Å². The molecular weight excluding hydrogens is 284 g/mol. The quantitative estimate of drug-likeness (QED) is 0.912. The minimum atomic E-state index is 0.189. The zero-order valence-electron chi connectivity index (χ0n) is 13.3. The molecule has 1 spiro atoms. The number of amidine groups is 1. The fourth-order valence-electron chi connectivity index (χ4n) is 3.93. The van der Waals surface area contributed by atoms with Crippen molar-refractivity contribution in [1.29, 1.82) is 0 Å². The molecule has 0 atom stereocenters. The second kappa shape index (κ2) is 6.11. The van der Waals surface area contributed by atoms with Crippen LogP contribution in [0.2, 0.25) is 0 Å². The lowest BCUT2D eigenvalue weighted by Gasteiger charge is -2.42. The van der Waals surface area contributed by atoms with Gasteiger partial charge in [-0.25, -0.2) is 0 Å². The van der Waals surface area contributed by atoms with E-state index >= 15 is 0 Å². The minimum Gasteiger partial charge on any atom is -0.343 e. The average Bonchev–Trinajstić information content (AvgIpc) is 2.61. The van der Waals surface area contributed by atoms with Crippen molar-refractivity contribution in [2.24, 2.45) is 10.4 Å². The predicted molar refractivity (Wildman–Crippen MR) is 92.5 cm³/mol. The number of para-hydroxylation sites is 1. The second-order valence-corrected chi connectivity index (χ2v) is 6.68. The Bertz CT molecular complexity index is 702. The van der Waals surface area contributed by atoms with E-state index in [1.807, 2.05) is 12.1 Å². The molecule has 2 aliphatic rings. The molecule has 4 nitrogen and oxygen atoms in total. The summed E-state index contributed by atoms with van der Waals surface area (Å²) < 4.78 is 0. The van der Waals surface area contributed by atoms with Gasteiger partial charge in [0, 0.05) is 17.3 Å². The summed E-state index contributed by atoms with van der Waals surface area (Å²) in [5.41, 5.74) is 3.75. The lowest BCUT2D eigenvalue weighted by Crippen LogP contribution is -2.43. The first-order chi connectivity index (χ1) is 11.4. The predicted octanol–water partition coefficient (Wildman–Crippen LogP) is 3.99. The number of fused-ring (bicyclic) bond motifs is 1. The molecule has 4 rings (SSSR count). The molecule has 1 aliphatic carbocycles. The number of hydrogen-bond acceptors (Lipinski definition) is 3. The van der Waals surface area contributed by atoms with Gasteiger partial charge in [-0.3, -0.25) is 4.99 Å². The van der Waals surface area contributed by atoms with Gasteiger partial charge in [0.05, 0.1) is 12.2 Å². The minimum absolute atomic E-state index is 0.189. The molecule has 2 heterocycles. The molecule has 1 aliphatic heterocycles. The summed E-state index contributed by atoms with van der Waals surface area (Å²) in [7, 11) is 0. The van der Waals surface area contributed by atoms with Crippen molar-refractivity contribution in [2.75, 3.05) is 5.32 Å². The summed E-state index contributed by atoms with van der Waals surface area (Å²) in [5, 5.41) is 11.7. The molecular formula is C19H22N4. The van der Waals surface area contributed by atoms with Crippen molar-refractivity contribution >= 4 is 11.5 Å². The summed E-state index contributed by atoms with van der Waals surface area (Å²) in [4.78, 5) is 4.93. The number of rotatable bonds is 2. The third-order valence-corrected chi connectivity index (χ3v) is 5.14. The van der Waals surface area contributed by atoms with Gasteiger partial charge in [0.1, 0.15) is 5.84 Å². The maximum absolute atomic E-state index is 4.93. The molecule has 4 heteroatoms. The van der Waals surface area contributed by atoms with Gasteiger partial charge < -0.3 is 5.32 Å². The smallest absolute Gasteiger partial charge is 0.108 e. The Morgan fingerprint density at radius 1 is 1.04 bits per heavy atom. The molecule has 1 N–H and O–H groups in total. The second-order valence-electron chi connectivity index (χ2n) is 6.68. The maximum Gasteiger partial charge on any atom is 0.108 e. The molecule has 1 fully saturated rings. The number of aliphatic imine (C=N–C) groups is 1. The summed E-state index contributed by atoms with van der Waals surface area (Å²) in [6.45, 7) is 0.597. The van der Waals surface area contributed by atoms with Crippen LogP contribution in [0.15, 0.2) is 47.6 Å². The molecule has 0 unspecified atom stereocenters. The molecule has 0 radical (unpaired) electrons. The van der Waals surface area contributed by atoms with E-state index in [1.54, 1.807) is 6.20 Å². The first kappa shape index (κ1) is 14.4. The Balaban J connectivity index is 1.67. The van der Waals surface area contributed by atoms with Gasteiger partial charge in [-0.1, -0.05) is 37.5 Å². The van der Waals surface area contributed by atoms with E-state index in [2.05, 4.69) is 39.8 Å². The van der Waals surface area contributed by atoms with E-state index < -0.39 is 0 Å². The first-order valence-corrected chi connectivity index (χ1v) is 8.52.